The van der Waals surface area contributed by atoms with Crippen molar-refractivity contribution in [1.29, 1.82) is 0 Å². The van der Waals surface area contributed by atoms with E-state index in [9.17, 15) is 10.2 Å². The molecule has 0 aromatic heterocycles. The van der Waals surface area contributed by atoms with Crippen LogP contribution in [0.1, 0.15) is 26.2 Å². The molecule has 0 spiro atoms. The SMILES string of the molecule is C=CC(=C)C(O)CCC(O)CC. The molecule has 2 heteroatoms. The van der Waals surface area contributed by atoms with Crippen LogP contribution in [0.5, 0.6) is 0 Å². The maximum atomic E-state index is 9.38. The second-order valence-corrected chi connectivity index (χ2v) is 2.93. The number of aliphatic hydroxyl groups excluding tert-OH is 2. The highest BCUT2D eigenvalue weighted by atomic mass is 16.3. The fourth-order valence-corrected chi connectivity index (χ4v) is 0.876. The molecule has 0 saturated heterocycles. The third kappa shape index (κ3) is 4.31. The van der Waals surface area contributed by atoms with E-state index in [0.29, 0.717) is 18.4 Å². The molecule has 0 heterocycles. The molecule has 2 N–H and O–H groups in total. The molecule has 0 amide bonds. The van der Waals surface area contributed by atoms with E-state index < -0.39 is 6.10 Å². The Kier molecular flexibility index (Phi) is 5.68. The predicted molar refractivity (Wildman–Crippen MR) is 50.9 cm³/mol. The minimum Gasteiger partial charge on any atom is -0.393 e. The van der Waals surface area contributed by atoms with Crippen LogP contribution in [-0.2, 0) is 0 Å². The Balaban J connectivity index is 3.63. The summed E-state index contributed by atoms with van der Waals surface area (Å²) in [4.78, 5) is 0. The summed E-state index contributed by atoms with van der Waals surface area (Å²) < 4.78 is 0. The van der Waals surface area contributed by atoms with Gasteiger partial charge in [0.05, 0.1) is 12.2 Å². The van der Waals surface area contributed by atoms with Gasteiger partial charge in [-0.3, -0.25) is 0 Å². The van der Waals surface area contributed by atoms with E-state index in [1.165, 1.54) is 0 Å². The molecule has 2 atom stereocenters. The molecular weight excluding hydrogens is 152 g/mol. The number of aliphatic hydroxyl groups is 2. The minimum atomic E-state index is -0.552. The molecule has 0 saturated carbocycles. The smallest absolute Gasteiger partial charge is 0.0785 e. The molecule has 0 aliphatic carbocycles. The largest absolute Gasteiger partial charge is 0.393 e. The Bertz CT molecular complexity index is 152. The second kappa shape index (κ2) is 5.98. The quantitative estimate of drug-likeness (QED) is 0.595. The zero-order valence-corrected chi connectivity index (χ0v) is 7.66. The van der Waals surface area contributed by atoms with Crippen LogP contribution < -0.4 is 0 Å². The molecule has 0 aliphatic rings. The van der Waals surface area contributed by atoms with Crippen molar-refractivity contribution in [2.24, 2.45) is 0 Å². The van der Waals surface area contributed by atoms with Gasteiger partial charge in [-0.2, -0.15) is 0 Å². The molecule has 70 valence electrons. The maximum Gasteiger partial charge on any atom is 0.0785 e. The first kappa shape index (κ1) is 11.4. The van der Waals surface area contributed by atoms with Crippen molar-refractivity contribution in [2.45, 2.75) is 38.4 Å². The average molecular weight is 170 g/mol. The van der Waals surface area contributed by atoms with Crippen LogP contribution in [0.2, 0.25) is 0 Å². The van der Waals surface area contributed by atoms with Crippen molar-refractivity contribution < 1.29 is 10.2 Å². The van der Waals surface area contributed by atoms with Gasteiger partial charge in [-0.1, -0.05) is 26.2 Å². The molecule has 0 aromatic carbocycles. The van der Waals surface area contributed by atoms with Crippen molar-refractivity contribution >= 4 is 0 Å². The second-order valence-electron chi connectivity index (χ2n) is 2.93. The van der Waals surface area contributed by atoms with E-state index in [1.807, 2.05) is 6.92 Å². The molecule has 0 radical (unpaired) electrons. The van der Waals surface area contributed by atoms with E-state index >= 15 is 0 Å². The molecule has 0 bridgehead atoms. The molecule has 0 aliphatic heterocycles. The Morgan fingerprint density at radius 3 is 2.42 bits per heavy atom. The van der Waals surface area contributed by atoms with Gasteiger partial charge in [0.15, 0.2) is 0 Å². The highest BCUT2D eigenvalue weighted by Gasteiger charge is 2.08. The third-order valence-electron chi connectivity index (χ3n) is 1.93. The number of rotatable bonds is 6. The maximum absolute atomic E-state index is 9.38. The summed E-state index contributed by atoms with van der Waals surface area (Å²) in [6.07, 6.45) is 2.58. The van der Waals surface area contributed by atoms with Crippen molar-refractivity contribution in [1.82, 2.24) is 0 Å². The molecule has 0 aromatic rings. The topological polar surface area (TPSA) is 40.5 Å². The lowest BCUT2D eigenvalue weighted by atomic mass is 10.0. The highest BCUT2D eigenvalue weighted by Crippen LogP contribution is 2.10. The first-order valence-electron chi connectivity index (χ1n) is 4.29. The Labute approximate surface area is 74.2 Å². The number of hydrogen-bond donors (Lipinski definition) is 2. The lowest BCUT2D eigenvalue weighted by Crippen LogP contribution is -2.13. The fourth-order valence-electron chi connectivity index (χ4n) is 0.876. The van der Waals surface area contributed by atoms with Crippen LogP contribution in [0, 0.1) is 0 Å². The third-order valence-corrected chi connectivity index (χ3v) is 1.93. The van der Waals surface area contributed by atoms with Crippen LogP contribution in [0.25, 0.3) is 0 Å². The summed E-state index contributed by atoms with van der Waals surface area (Å²) >= 11 is 0. The minimum absolute atomic E-state index is 0.308. The summed E-state index contributed by atoms with van der Waals surface area (Å²) in [5, 5.41) is 18.6. The number of hydrogen-bond acceptors (Lipinski definition) is 2. The van der Waals surface area contributed by atoms with Crippen molar-refractivity contribution in [3.63, 3.8) is 0 Å². The molecule has 12 heavy (non-hydrogen) atoms. The molecule has 2 unspecified atom stereocenters. The Morgan fingerprint density at radius 2 is 2.00 bits per heavy atom. The average Bonchev–Trinajstić information content (AvgIpc) is 2.11. The molecular formula is C10H18O2. The summed E-state index contributed by atoms with van der Waals surface area (Å²) in [5.41, 5.74) is 0.623. The standard InChI is InChI=1S/C10H18O2/c1-4-8(3)10(12)7-6-9(11)5-2/h4,9-12H,1,3,5-7H2,2H3. The van der Waals surface area contributed by atoms with Gasteiger partial charge in [0, 0.05) is 0 Å². The lowest BCUT2D eigenvalue weighted by molar-refractivity contribution is 0.127. The van der Waals surface area contributed by atoms with Gasteiger partial charge in [-0.05, 0) is 24.8 Å². The van der Waals surface area contributed by atoms with Crippen LogP contribution in [0.3, 0.4) is 0 Å². The van der Waals surface area contributed by atoms with Crippen molar-refractivity contribution in [3.8, 4) is 0 Å². The van der Waals surface area contributed by atoms with Gasteiger partial charge in [-0.15, -0.1) is 0 Å². The first-order chi connectivity index (χ1) is 5.61. The lowest BCUT2D eigenvalue weighted by Gasteiger charge is -2.12. The highest BCUT2D eigenvalue weighted by molar-refractivity contribution is 5.15. The molecule has 0 rings (SSSR count). The van der Waals surface area contributed by atoms with Gasteiger partial charge in [-0.25, -0.2) is 0 Å². The van der Waals surface area contributed by atoms with Crippen LogP contribution in [0.15, 0.2) is 24.8 Å². The molecule has 0 fully saturated rings. The van der Waals surface area contributed by atoms with Gasteiger partial charge >= 0.3 is 0 Å². The summed E-state index contributed by atoms with van der Waals surface area (Å²) in [6.45, 7) is 9.05. The predicted octanol–water partition coefficient (Wildman–Crippen LogP) is 1.64. The van der Waals surface area contributed by atoms with Crippen LogP contribution in [0.4, 0.5) is 0 Å². The van der Waals surface area contributed by atoms with Gasteiger partial charge in [0.1, 0.15) is 0 Å². The summed E-state index contributed by atoms with van der Waals surface area (Å²) in [6, 6.07) is 0. The fraction of sp³-hybridized carbons (Fsp3) is 0.600. The van der Waals surface area contributed by atoms with Crippen molar-refractivity contribution in [2.75, 3.05) is 0 Å². The normalized spacial score (nSPS) is 15.2. The first-order valence-corrected chi connectivity index (χ1v) is 4.29. The summed E-state index contributed by atoms with van der Waals surface area (Å²) in [7, 11) is 0. The summed E-state index contributed by atoms with van der Waals surface area (Å²) in [5.74, 6) is 0. The van der Waals surface area contributed by atoms with Gasteiger partial charge < -0.3 is 10.2 Å². The zero-order valence-electron chi connectivity index (χ0n) is 7.66. The van der Waals surface area contributed by atoms with E-state index in [-0.39, 0.29) is 6.10 Å². The van der Waals surface area contributed by atoms with E-state index in [2.05, 4.69) is 13.2 Å². The van der Waals surface area contributed by atoms with E-state index in [1.54, 1.807) is 6.08 Å². The van der Waals surface area contributed by atoms with E-state index in [4.69, 9.17) is 0 Å². The van der Waals surface area contributed by atoms with E-state index in [0.717, 1.165) is 6.42 Å². The Morgan fingerprint density at radius 1 is 1.42 bits per heavy atom. The van der Waals surface area contributed by atoms with Gasteiger partial charge in [0.25, 0.3) is 0 Å². The van der Waals surface area contributed by atoms with Gasteiger partial charge in [0.2, 0.25) is 0 Å². The monoisotopic (exact) mass is 170 g/mol. The molecule has 2 nitrogen and oxygen atoms in total. The van der Waals surface area contributed by atoms with Crippen molar-refractivity contribution in [3.05, 3.63) is 24.8 Å². The Hall–Kier alpha value is -0.600. The van der Waals surface area contributed by atoms with Crippen LogP contribution >= 0.6 is 0 Å². The van der Waals surface area contributed by atoms with Crippen LogP contribution in [-0.4, -0.2) is 22.4 Å². The zero-order chi connectivity index (χ0) is 9.56.